The van der Waals surface area contributed by atoms with Crippen LogP contribution in [0, 0.1) is 0 Å². The summed E-state index contributed by atoms with van der Waals surface area (Å²) in [4.78, 5) is 0. The third-order valence-electron chi connectivity index (χ3n) is 2.06. The van der Waals surface area contributed by atoms with E-state index in [0.717, 1.165) is 19.3 Å². The molecule has 54 valence electrons. The van der Waals surface area contributed by atoms with Crippen molar-refractivity contribution in [2.45, 2.75) is 31.3 Å². The highest BCUT2D eigenvalue weighted by Crippen LogP contribution is 2.34. The maximum absolute atomic E-state index is 9.46. The molecule has 1 aliphatic carbocycles. The highest BCUT2D eigenvalue weighted by atomic mass is 16.5. The number of rotatable bonds is 3. The van der Waals surface area contributed by atoms with Crippen molar-refractivity contribution in [3.63, 3.8) is 0 Å². The molecule has 1 fully saturated rings. The summed E-state index contributed by atoms with van der Waals surface area (Å²) in [7, 11) is 1.67. The van der Waals surface area contributed by atoms with Crippen LogP contribution in [0.15, 0.2) is 0 Å². The molecule has 0 aromatic carbocycles. The van der Waals surface area contributed by atoms with Gasteiger partial charge in [0.15, 0.2) is 0 Å². The lowest BCUT2D eigenvalue weighted by molar-refractivity contribution is -0.0543. The van der Waals surface area contributed by atoms with Crippen LogP contribution in [-0.2, 0) is 4.74 Å². The monoisotopic (exact) mass is 130 g/mol. The van der Waals surface area contributed by atoms with Gasteiger partial charge < -0.3 is 9.84 Å². The lowest BCUT2D eigenvalue weighted by Crippen LogP contribution is -2.37. The first-order valence-corrected chi connectivity index (χ1v) is 3.48. The average molecular weight is 130 g/mol. The zero-order chi connectivity index (χ0) is 6.74. The van der Waals surface area contributed by atoms with Crippen molar-refractivity contribution < 1.29 is 9.84 Å². The van der Waals surface area contributed by atoms with E-state index in [1.807, 2.05) is 0 Å². The Balaban J connectivity index is 2.09. The quantitative estimate of drug-likeness (QED) is 0.616. The molecule has 0 radical (unpaired) electrons. The van der Waals surface area contributed by atoms with Crippen LogP contribution < -0.4 is 0 Å². The molecule has 0 unspecified atom stereocenters. The second-order valence-electron chi connectivity index (χ2n) is 2.82. The summed E-state index contributed by atoms with van der Waals surface area (Å²) in [5, 5.41) is 9.46. The lowest BCUT2D eigenvalue weighted by atomic mass is 9.78. The topological polar surface area (TPSA) is 29.5 Å². The minimum Gasteiger partial charge on any atom is -0.390 e. The van der Waals surface area contributed by atoms with Gasteiger partial charge in [0.25, 0.3) is 0 Å². The summed E-state index contributed by atoms with van der Waals surface area (Å²) in [6.07, 6.45) is 3.93. The second kappa shape index (κ2) is 2.67. The van der Waals surface area contributed by atoms with Gasteiger partial charge in [-0.2, -0.15) is 0 Å². The second-order valence-corrected chi connectivity index (χ2v) is 2.82. The molecule has 0 heterocycles. The van der Waals surface area contributed by atoms with E-state index in [4.69, 9.17) is 4.74 Å². The van der Waals surface area contributed by atoms with Crippen molar-refractivity contribution >= 4 is 0 Å². The molecular formula is C7H14O2. The zero-order valence-electron chi connectivity index (χ0n) is 5.89. The molecule has 2 nitrogen and oxygen atoms in total. The average Bonchev–Trinajstić information content (AvgIpc) is 1.79. The fourth-order valence-corrected chi connectivity index (χ4v) is 1.13. The van der Waals surface area contributed by atoms with Crippen molar-refractivity contribution in [2.24, 2.45) is 0 Å². The highest BCUT2D eigenvalue weighted by molar-refractivity contribution is 4.86. The van der Waals surface area contributed by atoms with Gasteiger partial charge >= 0.3 is 0 Å². The molecule has 2 heteroatoms. The van der Waals surface area contributed by atoms with Crippen molar-refractivity contribution in [1.82, 2.24) is 0 Å². The van der Waals surface area contributed by atoms with E-state index in [0.29, 0.717) is 6.61 Å². The van der Waals surface area contributed by atoms with Crippen LogP contribution in [0.1, 0.15) is 25.7 Å². The van der Waals surface area contributed by atoms with Gasteiger partial charge in [0, 0.05) is 13.7 Å². The Morgan fingerprint density at radius 1 is 1.56 bits per heavy atom. The predicted molar refractivity (Wildman–Crippen MR) is 35.3 cm³/mol. The molecule has 0 bridgehead atoms. The van der Waals surface area contributed by atoms with Crippen LogP contribution >= 0.6 is 0 Å². The Morgan fingerprint density at radius 3 is 2.56 bits per heavy atom. The van der Waals surface area contributed by atoms with Crippen LogP contribution in [0.5, 0.6) is 0 Å². The highest BCUT2D eigenvalue weighted by Gasteiger charge is 2.33. The fraction of sp³-hybridized carbons (Fsp3) is 1.00. The molecular weight excluding hydrogens is 116 g/mol. The first-order chi connectivity index (χ1) is 4.27. The lowest BCUT2D eigenvalue weighted by Gasteiger charge is -2.36. The van der Waals surface area contributed by atoms with Gasteiger partial charge in [-0.1, -0.05) is 0 Å². The SMILES string of the molecule is COCCC1(O)CCC1. The predicted octanol–water partition coefficient (Wildman–Crippen LogP) is 0.938. The number of hydrogen-bond donors (Lipinski definition) is 1. The van der Waals surface area contributed by atoms with Crippen LogP contribution in [0.3, 0.4) is 0 Å². The summed E-state index contributed by atoms with van der Waals surface area (Å²) in [5.41, 5.74) is -0.351. The van der Waals surface area contributed by atoms with Crippen molar-refractivity contribution in [3.8, 4) is 0 Å². The summed E-state index contributed by atoms with van der Waals surface area (Å²) in [6, 6.07) is 0. The molecule has 9 heavy (non-hydrogen) atoms. The van der Waals surface area contributed by atoms with Gasteiger partial charge in [-0.25, -0.2) is 0 Å². The molecule has 0 aromatic heterocycles. The summed E-state index contributed by atoms with van der Waals surface area (Å²) in [6.45, 7) is 0.691. The van der Waals surface area contributed by atoms with E-state index in [-0.39, 0.29) is 5.60 Å². The number of hydrogen-bond acceptors (Lipinski definition) is 2. The van der Waals surface area contributed by atoms with E-state index in [1.54, 1.807) is 7.11 Å². The van der Waals surface area contributed by atoms with E-state index in [2.05, 4.69) is 0 Å². The van der Waals surface area contributed by atoms with E-state index < -0.39 is 0 Å². The van der Waals surface area contributed by atoms with Crippen molar-refractivity contribution in [1.29, 1.82) is 0 Å². The van der Waals surface area contributed by atoms with Gasteiger partial charge in [-0.15, -0.1) is 0 Å². The third kappa shape index (κ3) is 1.66. The first kappa shape index (κ1) is 7.03. The Kier molecular flexibility index (Phi) is 2.09. The van der Waals surface area contributed by atoms with E-state index in [9.17, 15) is 5.11 Å². The molecule has 1 saturated carbocycles. The van der Waals surface area contributed by atoms with E-state index in [1.165, 1.54) is 6.42 Å². The fourth-order valence-electron chi connectivity index (χ4n) is 1.13. The van der Waals surface area contributed by atoms with Crippen molar-refractivity contribution in [3.05, 3.63) is 0 Å². The number of methoxy groups -OCH3 is 1. The number of ether oxygens (including phenoxy) is 1. The third-order valence-corrected chi connectivity index (χ3v) is 2.06. The maximum atomic E-state index is 9.46. The van der Waals surface area contributed by atoms with E-state index >= 15 is 0 Å². The standard InChI is InChI=1S/C7H14O2/c1-9-6-5-7(8)3-2-4-7/h8H,2-6H2,1H3. The molecule has 0 aliphatic heterocycles. The largest absolute Gasteiger partial charge is 0.390 e. The maximum Gasteiger partial charge on any atom is 0.0669 e. The molecule has 0 amide bonds. The van der Waals surface area contributed by atoms with Gasteiger partial charge in [0.2, 0.25) is 0 Å². The minimum atomic E-state index is -0.351. The Morgan fingerprint density at radius 2 is 2.22 bits per heavy atom. The van der Waals surface area contributed by atoms with Gasteiger partial charge in [0.1, 0.15) is 0 Å². The molecule has 0 aromatic rings. The van der Waals surface area contributed by atoms with Crippen molar-refractivity contribution in [2.75, 3.05) is 13.7 Å². The van der Waals surface area contributed by atoms with Crippen LogP contribution in [0.2, 0.25) is 0 Å². The summed E-state index contributed by atoms with van der Waals surface area (Å²) in [5.74, 6) is 0. The normalized spacial score (nSPS) is 23.3. The molecule has 0 saturated heterocycles. The van der Waals surface area contributed by atoms with Crippen LogP contribution in [0.25, 0.3) is 0 Å². The van der Waals surface area contributed by atoms with Crippen LogP contribution in [0.4, 0.5) is 0 Å². The zero-order valence-corrected chi connectivity index (χ0v) is 5.89. The van der Waals surface area contributed by atoms with Gasteiger partial charge in [0.05, 0.1) is 5.60 Å². The summed E-state index contributed by atoms with van der Waals surface area (Å²) < 4.78 is 4.85. The Hall–Kier alpha value is -0.0800. The molecule has 0 atom stereocenters. The Labute approximate surface area is 55.8 Å². The molecule has 0 spiro atoms. The first-order valence-electron chi connectivity index (χ1n) is 3.48. The molecule has 1 N–H and O–H groups in total. The van der Waals surface area contributed by atoms with Gasteiger partial charge in [-0.05, 0) is 25.7 Å². The molecule has 1 rings (SSSR count). The van der Waals surface area contributed by atoms with Gasteiger partial charge in [-0.3, -0.25) is 0 Å². The minimum absolute atomic E-state index is 0.351. The number of aliphatic hydroxyl groups is 1. The Bertz CT molecular complexity index is 86.9. The van der Waals surface area contributed by atoms with Crippen LogP contribution in [-0.4, -0.2) is 24.4 Å². The smallest absolute Gasteiger partial charge is 0.0669 e. The summed E-state index contributed by atoms with van der Waals surface area (Å²) >= 11 is 0. The molecule has 1 aliphatic rings.